The molecule has 0 saturated carbocycles. The van der Waals surface area contributed by atoms with Gasteiger partial charge in [0.15, 0.2) is 0 Å². The minimum Gasteiger partial charge on any atom is -0.373 e. The van der Waals surface area contributed by atoms with Gasteiger partial charge in [0.1, 0.15) is 0 Å². The molecule has 0 radical (unpaired) electrons. The molecule has 1 saturated heterocycles. The molecule has 0 aliphatic carbocycles. The number of rotatable bonds is 5. The quantitative estimate of drug-likeness (QED) is 0.886. The van der Waals surface area contributed by atoms with Crippen molar-refractivity contribution in [2.75, 3.05) is 13.2 Å². The lowest BCUT2D eigenvalue weighted by atomic mass is 9.90. The van der Waals surface area contributed by atoms with Gasteiger partial charge >= 0.3 is 0 Å². The maximum absolute atomic E-state index is 5.97. The minimum atomic E-state index is 0.121. The Bertz CT molecular complexity index is 586. The fraction of sp³-hybridized carbons (Fsp3) is 0.562. The first kappa shape index (κ1) is 15.1. The summed E-state index contributed by atoms with van der Waals surface area (Å²) >= 11 is 0. The van der Waals surface area contributed by atoms with E-state index in [0.29, 0.717) is 5.92 Å². The average Bonchev–Trinajstić information content (AvgIpc) is 3.07. The molecule has 6 heteroatoms. The Kier molecular flexibility index (Phi) is 4.80. The van der Waals surface area contributed by atoms with Crippen LogP contribution in [0, 0.1) is 12.8 Å². The molecule has 22 heavy (non-hydrogen) atoms. The van der Waals surface area contributed by atoms with E-state index in [1.165, 1.54) is 0 Å². The maximum atomic E-state index is 5.97. The Labute approximate surface area is 130 Å². The van der Waals surface area contributed by atoms with E-state index >= 15 is 0 Å². The lowest BCUT2D eigenvalue weighted by Gasteiger charge is -2.32. The Morgan fingerprint density at radius 1 is 1.41 bits per heavy atom. The van der Waals surface area contributed by atoms with Gasteiger partial charge in [-0.25, -0.2) is 0 Å². The molecule has 6 nitrogen and oxygen atoms in total. The molecular weight excluding hydrogens is 278 g/mol. The highest BCUT2D eigenvalue weighted by atomic mass is 16.5. The van der Waals surface area contributed by atoms with Gasteiger partial charge in [-0.3, -0.25) is 15.1 Å². The molecule has 1 fully saturated rings. The molecule has 0 bridgehead atoms. The summed E-state index contributed by atoms with van der Waals surface area (Å²) in [7, 11) is 0. The number of aryl methyl sites for hydroxylation is 1. The van der Waals surface area contributed by atoms with Crippen molar-refractivity contribution in [3.63, 3.8) is 0 Å². The van der Waals surface area contributed by atoms with Crippen molar-refractivity contribution >= 4 is 0 Å². The predicted octanol–water partition coefficient (Wildman–Crippen LogP) is 2.33. The van der Waals surface area contributed by atoms with Crippen LogP contribution in [-0.2, 0) is 4.74 Å². The number of nitrogens with zero attached hydrogens (tertiary/aromatic N) is 3. The number of aromatic nitrogens is 4. The molecule has 1 unspecified atom stereocenters. The molecule has 3 atom stereocenters. The van der Waals surface area contributed by atoms with Crippen LogP contribution in [0.2, 0.25) is 0 Å². The molecule has 0 amide bonds. The Morgan fingerprint density at radius 3 is 3.05 bits per heavy atom. The number of aromatic amines is 1. The second kappa shape index (κ2) is 6.98. The van der Waals surface area contributed by atoms with Crippen LogP contribution in [0.15, 0.2) is 24.8 Å². The van der Waals surface area contributed by atoms with Crippen LogP contribution in [0.25, 0.3) is 0 Å². The third-order valence-electron chi connectivity index (χ3n) is 4.31. The number of ether oxygens (including phenoxy) is 1. The Hall–Kier alpha value is -1.79. The maximum Gasteiger partial charge on any atom is 0.0895 e. The summed E-state index contributed by atoms with van der Waals surface area (Å²) in [5.74, 6) is 0.450. The number of hydrogen-bond acceptors (Lipinski definition) is 5. The Balaban J connectivity index is 1.63. The van der Waals surface area contributed by atoms with Crippen molar-refractivity contribution in [1.82, 2.24) is 25.5 Å². The van der Waals surface area contributed by atoms with Gasteiger partial charge in [0.05, 0.1) is 23.7 Å². The molecule has 2 aromatic rings. The van der Waals surface area contributed by atoms with Gasteiger partial charge in [-0.05, 0) is 26.7 Å². The lowest BCUT2D eigenvalue weighted by molar-refractivity contribution is -0.0284. The van der Waals surface area contributed by atoms with Gasteiger partial charge in [0.25, 0.3) is 0 Å². The number of hydrogen-bond donors (Lipinski definition) is 2. The zero-order chi connectivity index (χ0) is 15.4. The summed E-state index contributed by atoms with van der Waals surface area (Å²) in [6, 6.07) is 0.181. The van der Waals surface area contributed by atoms with Crippen LogP contribution in [0.1, 0.15) is 48.9 Å². The van der Waals surface area contributed by atoms with Crippen LogP contribution in [0.3, 0.4) is 0 Å². The largest absolute Gasteiger partial charge is 0.373 e. The van der Waals surface area contributed by atoms with Gasteiger partial charge in [0.2, 0.25) is 0 Å². The summed E-state index contributed by atoms with van der Waals surface area (Å²) in [5, 5.41) is 10.5. The molecular formula is C16H23N5O. The number of H-pyrrole nitrogens is 1. The topological polar surface area (TPSA) is 75.7 Å². The van der Waals surface area contributed by atoms with Crippen LogP contribution >= 0.6 is 0 Å². The third kappa shape index (κ3) is 3.34. The molecule has 2 aromatic heterocycles. The monoisotopic (exact) mass is 301 g/mol. The highest BCUT2D eigenvalue weighted by Gasteiger charge is 2.28. The normalized spacial score (nSPS) is 23.4. The second-order valence-electron chi connectivity index (χ2n) is 5.88. The van der Waals surface area contributed by atoms with E-state index in [2.05, 4.69) is 32.4 Å². The van der Waals surface area contributed by atoms with E-state index < -0.39 is 0 Å². The molecule has 1 aliphatic rings. The van der Waals surface area contributed by atoms with Crippen LogP contribution in [-0.4, -0.2) is 33.3 Å². The summed E-state index contributed by atoms with van der Waals surface area (Å²) in [6.45, 7) is 5.85. The molecule has 2 N–H and O–H groups in total. The molecule has 0 spiro atoms. The van der Waals surface area contributed by atoms with Crippen molar-refractivity contribution in [1.29, 1.82) is 0 Å². The second-order valence-corrected chi connectivity index (χ2v) is 5.88. The van der Waals surface area contributed by atoms with E-state index in [1.807, 2.05) is 19.3 Å². The van der Waals surface area contributed by atoms with E-state index in [1.54, 1.807) is 12.4 Å². The van der Waals surface area contributed by atoms with E-state index in [-0.39, 0.29) is 12.1 Å². The summed E-state index contributed by atoms with van der Waals surface area (Å²) in [6.07, 6.45) is 9.66. The molecule has 3 heterocycles. The fourth-order valence-electron chi connectivity index (χ4n) is 3.11. The molecule has 1 aliphatic heterocycles. The minimum absolute atomic E-state index is 0.121. The van der Waals surface area contributed by atoms with Crippen molar-refractivity contribution in [3.8, 4) is 0 Å². The number of nitrogens with one attached hydrogen (secondary N) is 2. The van der Waals surface area contributed by atoms with E-state index in [4.69, 9.17) is 4.74 Å². The zero-order valence-electron chi connectivity index (χ0n) is 13.1. The third-order valence-corrected chi connectivity index (χ3v) is 4.31. The van der Waals surface area contributed by atoms with Crippen LogP contribution in [0.5, 0.6) is 0 Å². The summed E-state index contributed by atoms with van der Waals surface area (Å²) in [5.41, 5.74) is 3.13. The van der Waals surface area contributed by atoms with E-state index in [0.717, 1.165) is 42.9 Å². The van der Waals surface area contributed by atoms with Crippen molar-refractivity contribution in [2.45, 2.75) is 38.8 Å². The standard InChI is InChI=1S/C16H23N5O/c1-11-15(18-6-5-17-11)12(2)19-8-13-4-3-7-22-16(13)14-9-20-21-10-14/h5-6,9-10,12-13,16,19H,3-4,7-8H2,1-2H3,(H,20,21)/t12?,13-,16+/m0/s1. The van der Waals surface area contributed by atoms with Crippen molar-refractivity contribution in [2.24, 2.45) is 5.92 Å². The average molecular weight is 301 g/mol. The highest BCUT2D eigenvalue weighted by molar-refractivity contribution is 5.13. The SMILES string of the molecule is Cc1nccnc1C(C)NC[C@@H]1CCCO[C@H]1c1cn[nH]c1. The molecule has 3 rings (SSSR count). The predicted molar refractivity (Wildman–Crippen MR) is 83.2 cm³/mol. The Morgan fingerprint density at radius 2 is 2.27 bits per heavy atom. The fourth-order valence-corrected chi connectivity index (χ4v) is 3.11. The lowest BCUT2D eigenvalue weighted by Crippen LogP contribution is -2.33. The molecule has 118 valence electrons. The van der Waals surface area contributed by atoms with Crippen LogP contribution < -0.4 is 5.32 Å². The van der Waals surface area contributed by atoms with Crippen LogP contribution in [0.4, 0.5) is 0 Å². The zero-order valence-corrected chi connectivity index (χ0v) is 13.1. The summed E-state index contributed by atoms with van der Waals surface area (Å²) < 4.78 is 5.97. The first-order valence-electron chi connectivity index (χ1n) is 7.87. The van der Waals surface area contributed by atoms with Gasteiger partial charge in [0, 0.05) is 49.3 Å². The van der Waals surface area contributed by atoms with Gasteiger partial charge in [-0.1, -0.05) is 0 Å². The highest BCUT2D eigenvalue weighted by Crippen LogP contribution is 2.33. The smallest absolute Gasteiger partial charge is 0.0895 e. The molecule has 0 aromatic carbocycles. The van der Waals surface area contributed by atoms with Gasteiger partial charge in [-0.2, -0.15) is 5.10 Å². The summed E-state index contributed by atoms with van der Waals surface area (Å²) in [4.78, 5) is 8.75. The van der Waals surface area contributed by atoms with E-state index in [9.17, 15) is 0 Å². The first-order valence-corrected chi connectivity index (χ1v) is 7.87. The van der Waals surface area contributed by atoms with Crippen molar-refractivity contribution < 1.29 is 4.74 Å². The van der Waals surface area contributed by atoms with Gasteiger partial charge < -0.3 is 10.1 Å². The first-order chi connectivity index (χ1) is 10.8. The van der Waals surface area contributed by atoms with Gasteiger partial charge in [-0.15, -0.1) is 0 Å². The van der Waals surface area contributed by atoms with Crippen molar-refractivity contribution in [3.05, 3.63) is 41.7 Å².